The van der Waals surface area contributed by atoms with Gasteiger partial charge < -0.3 is 14.8 Å². The van der Waals surface area contributed by atoms with Crippen molar-refractivity contribution in [3.05, 3.63) is 0 Å². The van der Waals surface area contributed by atoms with Crippen LogP contribution in [0.3, 0.4) is 0 Å². The van der Waals surface area contributed by atoms with Gasteiger partial charge in [0.25, 0.3) is 0 Å². The van der Waals surface area contributed by atoms with Gasteiger partial charge in [0.1, 0.15) is 0 Å². The monoisotopic (exact) mass is 260 g/mol. The summed E-state index contributed by atoms with van der Waals surface area (Å²) in [6.07, 6.45) is 0. The number of amides is 1. The Morgan fingerprint density at radius 2 is 1.89 bits per heavy atom. The van der Waals surface area contributed by atoms with Crippen LogP contribution in [0.2, 0.25) is 0 Å². The van der Waals surface area contributed by atoms with Crippen LogP contribution in [-0.4, -0.2) is 64.3 Å². The van der Waals surface area contributed by atoms with Gasteiger partial charge in [-0.2, -0.15) is 0 Å². The molecule has 0 heterocycles. The first-order valence-corrected chi connectivity index (χ1v) is 5.86. The Labute approximate surface area is 109 Å². The molecule has 0 spiro atoms. The molecule has 1 amide bonds. The maximum Gasteiger partial charge on any atom is 0.312 e. The first kappa shape index (κ1) is 16.9. The minimum atomic E-state index is -0.629. The number of nitrogens with one attached hydrogen (secondary N) is 1. The Hall–Kier alpha value is -1.14. The number of hydrogen-bond acceptors (Lipinski definition) is 5. The van der Waals surface area contributed by atoms with Gasteiger partial charge in [-0.3, -0.25) is 14.5 Å². The molecule has 6 nitrogen and oxygen atoms in total. The maximum atomic E-state index is 11.5. The van der Waals surface area contributed by atoms with Crippen LogP contribution in [0.1, 0.15) is 13.8 Å². The van der Waals surface area contributed by atoms with Crippen molar-refractivity contribution < 1.29 is 19.1 Å². The van der Waals surface area contributed by atoms with E-state index in [2.05, 4.69) is 5.32 Å². The second-order valence-corrected chi connectivity index (χ2v) is 4.89. The van der Waals surface area contributed by atoms with Crippen LogP contribution in [0.5, 0.6) is 0 Å². The van der Waals surface area contributed by atoms with Gasteiger partial charge in [-0.15, -0.1) is 0 Å². The lowest BCUT2D eigenvalue weighted by atomic mass is 9.93. The summed E-state index contributed by atoms with van der Waals surface area (Å²) in [5.41, 5.74) is -0.629. The summed E-state index contributed by atoms with van der Waals surface area (Å²) >= 11 is 0. The van der Waals surface area contributed by atoms with E-state index >= 15 is 0 Å². The van der Waals surface area contributed by atoms with Crippen LogP contribution < -0.4 is 5.32 Å². The van der Waals surface area contributed by atoms with Crippen LogP contribution >= 0.6 is 0 Å². The number of ether oxygens (including phenoxy) is 2. The Morgan fingerprint density at radius 3 is 2.39 bits per heavy atom. The zero-order valence-corrected chi connectivity index (χ0v) is 11.9. The normalized spacial score (nSPS) is 11.4. The number of rotatable bonds is 8. The molecule has 0 aliphatic carbocycles. The molecule has 0 aromatic rings. The van der Waals surface area contributed by atoms with E-state index in [9.17, 15) is 9.59 Å². The highest BCUT2D eigenvalue weighted by atomic mass is 16.5. The molecule has 18 heavy (non-hydrogen) atoms. The average Bonchev–Trinajstić information content (AvgIpc) is 2.27. The van der Waals surface area contributed by atoms with Gasteiger partial charge >= 0.3 is 5.97 Å². The van der Waals surface area contributed by atoms with Crippen molar-refractivity contribution in [2.75, 3.05) is 47.5 Å². The zero-order chi connectivity index (χ0) is 14.2. The minimum Gasteiger partial charge on any atom is -0.469 e. The second-order valence-electron chi connectivity index (χ2n) is 4.89. The fraction of sp³-hybridized carbons (Fsp3) is 0.833. The largest absolute Gasteiger partial charge is 0.469 e. The Morgan fingerprint density at radius 1 is 1.28 bits per heavy atom. The van der Waals surface area contributed by atoms with Gasteiger partial charge in [0.15, 0.2) is 0 Å². The smallest absolute Gasteiger partial charge is 0.312 e. The molecule has 0 aromatic carbocycles. The number of carbonyl (C=O) groups is 2. The summed E-state index contributed by atoms with van der Waals surface area (Å²) in [5.74, 6) is -0.371. The molecular formula is C12H24N2O4. The molecule has 106 valence electrons. The fourth-order valence-electron chi connectivity index (χ4n) is 1.67. The number of nitrogens with zero attached hydrogens (tertiary/aromatic N) is 1. The molecule has 0 radical (unpaired) electrons. The van der Waals surface area contributed by atoms with Crippen molar-refractivity contribution in [2.45, 2.75) is 13.8 Å². The minimum absolute atomic E-state index is 0.0878. The Bertz CT molecular complexity index is 279. The van der Waals surface area contributed by atoms with E-state index < -0.39 is 5.41 Å². The lowest BCUT2D eigenvalue weighted by Crippen LogP contribution is -2.43. The Balaban J connectivity index is 4.06. The van der Waals surface area contributed by atoms with Gasteiger partial charge in [0.05, 0.1) is 25.7 Å². The molecule has 0 atom stereocenters. The fourth-order valence-corrected chi connectivity index (χ4v) is 1.67. The number of carbonyl (C=O) groups excluding carboxylic acids is 2. The van der Waals surface area contributed by atoms with Gasteiger partial charge in [-0.1, -0.05) is 0 Å². The maximum absolute atomic E-state index is 11.5. The summed E-state index contributed by atoms with van der Waals surface area (Å²) in [6.45, 7) is 5.25. The van der Waals surface area contributed by atoms with Gasteiger partial charge in [0.2, 0.25) is 5.91 Å². The van der Waals surface area contributed by atoms with Crippen molar-refractivity contribution in [3.63, 3.8) is 0 Å². The SMILES string of the molecule is COCCNC(=O)CN(C)CC(C)(C)C(=O)OC. The van der Waals surface area contributed by atoms with Crippen LogP contribution in [0.25, 0.3) is 0 Å². The average molecular weight is 260 g/mol. The predicted octanol–water partition coefficient (Wildman–Crippen LogP) is -0.120. The van der Waals surface area contributed by atoms with Crippen molar-refractivity contribution in [1.82, 2.24) is 10.2 Å². The number of likely N-dealkylation sites (N-methyl/N-ethyl adjacent to an activating group) is 1. The van der Waals surface area contributed by atoms with E-state index in [0.29, 0.717) is 19.7 Å². The topological polar surface area (TPSA) is 67.9 Å². The molecule has 0 bridgehead atoms. The molecule has 0 saturated heterocycles. The van der Waals surface area contributed by atoms with Crippen molar-refractivity contribution in [2.24, 2.45) is 5.41 Å². The van der Waals surface area contributed by atoms with E-state index in [0.717, 1.165) is 0 Å². The molecule has 0 aliphatic heterocycles. The third kappa shape index (κ3) is 6.56. The van der Waals surface area contributed by atoms with Gasteiger partial charge in [-0.25, -0.2) is 0 Å². The Kier molecular flexibility index (Phi) is 7.54. The molecule has 0 rings (SSSR count). The molecule has 0 unspecified atom stereocenters. The number of hydrogen-bond donors (Lipinski definition) is 1. The highest BCUT2D eigenvalue weighted by Gasteiger charge is 2.30. The van der Waals surface area contributed by atoms with Gasteiger partial charge in [0, 0.05) is 20.2 Å². The number of methoxy groups -OCH3 is 2. The van der Waals surface area contributed by atoms with Crippen molar-refractivity contribution in [1.29, 1.82) is 0 Å². The highest BCUT2D eigenvalue weighted by molar-refractivity contribution is 5.78. The second kappa shape index (κ2) is 8.05. The molecule has 0 fully saturated rings. The third-order valence-corrected chi connectivity index (χ3v) is 2.45. The standard InChI is InChI=1S/C12H24N2O4/c1-12(2,11(16)18-5)9-14(3)8-10(15)13-6-7-17-4/h6-9H2,1-5H3,(H,13,15). The summed E-state index contributed by atoms with van der Waals surface area (Å²) in [6, 6.07) is 0. The van der Waals surface area contributed by atoms with Crippen LogP contribution in [0, 0.1) is 5.41 Å². The molecule has 0 aliphatic rings. The summed E-state index contributed by atoms with van der Waals surface area (Å²) in [7, 11) is 4.74. The predicted molar refractivity (Wildman–Crippen MR) is 68.2 cm³/mol. The van der Waals surface area contributed by atoms with E-state index in [1.165, 1.54) is 7.11 Å². The molecular weight excluding hydrogens is 236 g/mol. The van der Waals surface area contributed by atoms with Crippen LogP contribution in [0.4, 0.5) is 0 Å². The van der Waals surface area contributed by atoms with Crippen molar-refractivity contribution in [3.8, 4) is 0 Å². The van der Waals surface area contributed by atoms with E-state index in [1.807, 2.05) is 0 Å². The lowest BCUT2D eigenvalue weighted by Gasteiger charge is -2.27. The molecule has 0 aromatic heterocycles. The quantitative estimate of drug-likeness (QED) is 0.487. The van der Waals surface area contributed by atoms with Gasteiger partial charge in [-0.05, 0) is 20.9 Å². The summed E-state index contributed by atoms with van der Waals surface area (Å²) < 4.78 is 9.55. The molecule has 0 saturated carbocycles. The molecule has 1 N–H and O–H groups in total. The highest BCUT2D eigenvalue weighted by Crippen LogP contribution is 2.17. The lowest BCUT2D eigenvalue weighted by molar-refractivity contribution is -0.152. The first-order chi connectivity index (χ1) is 8.33. The summed E-state index contributed by atoms with van der Waals surface area (Å²) in [4.78, 5) is 24.8. The number of esters is 1. The van der Waals surface area contributed by atoms with Crippen molar-refractivity contribution >= 4 is 11.9 Å². The van der Waals surface area contributed by atoms with Crippen LogP contribution in [0.15, 0.2) is 0 Å². The van der Waals surface area contributed by atoms with E-state index in [-0.39, 0.29) is 18.4 Å². The third-order valence-electron chi connectivity index (χ3n) is 2.45. The summed E-state index contributed by atoms with van der Waals surface area (Å²) in [5, 5.41) is 2.72. The molecule has 6 heteroatoms. The zero-order valence-electron chi connectivity index (χ0n) is 11.9. The van der Waals surface area contributed by atoms with Crippen LogP contribution in [-0.2, 0) is 19.1 Å². The first-order valence-electron chi connectivity index (χ1n) is 5.86. The van der Waals surface area contributed by atoms with E-state index in [1.54, 1.807) is 32.9 Å². The van der Waals surface area contributed by atoms with E-state index in [4.69, 9.17) is 9.47 Å².